The lowest BCUT2D eigenvalue weighted by molar-refractivity contribution is 0.0954. The first kappa shape index (κ1) is 15.2. The van der Waals surface area contributed by atoms with Crippen LogP contribution < -0.4 is 10.0 Å². The summed E-state index contributed by atoms with van der Waals surface area (Å²) in [6.45, 7) is 0.0957. The van der Waals surface area contributed by atoms with Gasteiger partial charge in [0, 0.05) is 12.7 Å². The molecule has 1 amide bonds. The Kier molecular flexibility index (Phi) is 5.33. The van der Waals surface area contributed by atoms with Crippen LogP contribution in [0.15, 0.2) is 23.4 Å². The number of nitrogens with zero attached hydrogens (tertiary/aromatic N) is 1. The molecule has 1 rings (SSSR count). The number of hydrogen-bond donors (Lipinski definition) is 2. The molecule has 0 aliphatic rings. The van der Waals surface area contributed by atoms with Crippen molar-refractivity contribution in [2.75, 3.05) is 13.6 Å². The van der Waals surface area contributed by atoms with Crippen molar-refractivity contribution < 1.29 is 13.2 Å². The van der Waals surface area contributed by atoms with E-state index in [2.05, 4.69) is 15.0 Å². The van der Waals surface area contributed by atoms with Gasteiger partial charge in [0.25, 0.3) is 15.9 Å². The summed E-state index contributed by atoms with van der Waals surface area (Å²) >= 11 is 10.9. The van der Waals surface area contributed by atoms with Crippen molar-refractivity contribution in [2.45, 2.75) is 9.86 Å². The van der Waals surface area contributed by atoms with Crippen LogP contribution in [0, 0.1) is 0 Å². The van der Waals surface area contributed by atoms with Crippen LogP contribution in [-0.2, 0) is 10.0 Å². The Balaban J connectivity index is 2.80. The Morgan fingerprint density at radius 2 is 2.11 bits per heavy atom. The molecule has 0 atom stereocenters. The Bertz CT molecular complexity index is 516. The van der Waals surface area contributed by atoms with E-state index in [0.717, 1.165) is 6.20 Å². The molecule has 0 aliphatic heterocycles. The largest absolute Gasteiger partial charge is 0.349 e. The van der Waals surface area contributed by atoms with E-state index in [4.69, 9.17) is 23.2 Å². The van der Waals surface area contributed by atoms with Crippen molar-refractivity contribution in [2.24, 2.45) is 0 Å². The van der Waals surface area contributed by atoms with Crippen LogP contribution in [0.4, 0.5) is 0 Å². The molecule has 2 N–H and O–H groups in total. The van der Waals surface area contributed by atoms with Gasteiger partial charge in [0.05, 0.1) is 5.56 Å². The smallest absolute Gasteiger partial charge is 0.257 e. The maximum absolute atomic E-state index is 11.5. The first-order chi connectivity index (χ1) is 8.36. The van der Waals surface area contributed by atoms with Crippen LogP contribution >= 0.6 is 23.2 Å². The van der Waals surface area contributed by atoms with Crippen molar-refractivity contribution in [1.82, 2.24) is 15.0 Å². The Labute approximate surface area is 115 Å². The van der Waals surface area contributed by atoms with Crippen molar-refractivity contribution in [3.8, 4) is 0 Å². The van der Waals surface area contributed by atoms with Crippen LogP contribution in [0.5, 0.6) is 0 Å². The van der Waals surface area contributed by atoms with Gasteiger partial charge in [-0.25, -0.2) is 18.1 Å². The van der Waals surface area contributed by atoms with E-state index >= 15 is 0 Å². The molecule has 0 unspecified atom stereocenters. The van der Waals surface area contributed by atoms with Gasteiger partial charge in [-0.3, -0.25) is 4.79 Å². The molecule has 1 aromatic rings. The first-order valence-electron chi connectivity index (χ1n) is 4.83. The number of hydrogen-bond acceptors (Lipinski definition) is 4. The lowest BCUT2D eigenvalue weighted by Gasteiger charge is -2.06. The number of rotatable bonds is 5. The minimum Gasteiger partial charge on any atom is -0.349 e. The minimum absolute atomic E-state index is 0.0957. The third-order valence-electron chi connectivity index (χ3n) is 1.96. The van der Waals surface area contributed by atoms with E-state index in [1.54, 1.807) is 0 Å². The van der Waals surface area contributed by atoms with Crippen LogP contribution in [0.2, 0.25) is 0 Å². The summed E-state index contributed by atoms with van der Waals surface area (Å²) in [5, 5.41) is 2.30. The van der Waals surface area contributed by atoms with E-state index in [9.17, 15) is 13.2 Å². The number of amides is 1. The Hall–Kier alpha value is -0.890. The highest BCUT2D eigenvalue weighted by atomic mass is 35.5. The summed E-state index contributed by atoms with van der Waals surface area (Å²) < 4.78 is 24.9. The van der Waals surface area contributed by atoms with Gasteiger partial charge >= 0.3 is 0 Å². The van der Waals surface area contributed by atoms with Crippen molar-refractivity contribution in [3.63, 3.8) is 0 Å². The third-order valence-corrected chi connectivity index (χ3v) is 3.60. The van der Waals surface area contributed by atoms with Gasteiger partial charge in [0.2, 0.25) is 0 Å². The molecule has 0 aliphatic carbocycles. The summed E-state index contributed by atoms with van der Waals surface area (Å²) in [6, 6.07) is 2.59. The summed E-state index contributed by atoms with van der Waals surface area (Å²) in [6.07, 6.45) is 1.16. The zero-order chi connectivity index (χ0) is 13.8. The predicted molar refractivity (Wildman–Crippen MR) is 68.3 cm³/mol. The van der Waals surface area contributed by atoms with Crippen molar-refractivity contribution in [1.29, 1.82) is 0 Å². The van der Waals surface area contributed by atoms with Crippen LogP contribution in [0.1, 0.15) is 10.4 Å². The number of pyridine rings is 1. The highest BCUT2D eigenvalue weighted by Crippen LogP contribution is 2.06. The number of sulfonamides is 1. The Morgan fingerprint density at radius 1 is 1.44 bits per heavy atom. The van der Waals surface area contributed by atoms with E-state index in [1.807, 2.05) is 0 Å². The van der Waals surface area contributed by atoms with Gasteiger partial charge in [-0.15, -0.1) is 23.2 Å². The molecule has 0 fully saturated rings. The van der Waals surface area contributed by atoms with Crippen LogP contribution in [0.3, 0.4) is 0 Å². The lowest BCUT2D eigenvalue weighted by atomic mass is 10.3. The molecule has 6 nitrogen and oxygen atoms in total. The summed E-state index contributed by atoms with van der Waals surface area (Å²) in [4.78, 5) is 14.5. The molecule has 0 saturated heterocycles. The third kappa shape index (κ3) is 4.09. The van der Waals surface area contributed by atoms with E-state index in [0.29, 0.717) is 0 Å². The van der Waals surface area contributed by atoms with Gasteiger partial charge in [-0.1, -0.05) is 0 Å². The van der Waals surface area contributed by atoms with Crippen molar-refractivity contribution in [3.05, 3.63) is 23.9 Å². The fraction of sp³-hybridized carbons (Fsp3) is 0.333. The Morgan fingerprint density at radius 3 is 2.56 bits per heavy atom. The molecule has 0 spiro atoms. The second-order valence-electron chi connectivity index (χ2n) is 3.19. The first-order valence-corrected chi connectivity index (χ1v) is 7.18. The number of carbonyl (C=O) groups is 1. The number of alkyl halides is 2. The molecule has 1 aromatic heterocycles. The predicted octanol–water partition coefficient (Wildman–Crippen LogP) is 0.523. The summed E-state index contributed by atoms with van der Waals surface area (Å²) in [5.74, 6) is -0.429. The van der Waals surface area contributed by atoms with E-state index in [-0.39, 0.29) is 17.1 Å². The zero-order valence-corrected chi connectivity index (χ0v) is 11.7. The van der Waals surface area contributed by atoms with Gasteiger partial charge in [-0.2, -0.15) is 0 Å². The molecule has 9 heteroatoms. The fourth-order valence-electron chi connectivity index (χ4n) is 1.05. The van der Waals surface area contributed by atoms with Gasteiger partial charge in [0.15, 0.2) is 5.03 Å². The molecule has 18 heavy (non-hydrogen) atoms. The van der Waals surface area contributed by atoms with Crippen LogP contribution in [-0.4, -0.2) is 37.7 Å². The molecule has 1 heterocycles. The second-order valence-corrected chi connectivity index (χ2v) is 6.30. The average Bonchev–Trinajstić information content (AvgIpc) is 2.36. The fourth-order valence-corrected chi connectivity index (χ4v) is 1.85. The summed E-state index contributed by atoms with van der Waals surface area (Å²) in [7, 11) is -2.32. The number of halogens is 2. The maximum Gasteiger partial charge on any atom is 0.257 e. The molecule has 100 valence electrons. The molecule has 0 bridgehead atoms. The zero-order valence-electron chi connectivity index (χ0n) is 9.35. The van der Waals surface area contributed by atoms with E-state index in [1.165, 1.54) is 19.2 Å². The summed E-state index contributed by atoms with van der Waals surface area (Å²) in [5.41, 5.74) is 0.221. The maximum atomic E-state index is 11.5. The molecule has 0 saturated carbocycles. The standard InChI is InChI=1S/C9H11Cl2N3O3S/c1-12-18(16,17)8-3-2-6(4-13-8)9(15)14-5-7(10)11/h2-4,7,12H,5H2,1H3,(H,14,15). The average molecular weight is 312 g/mol. The minimum atomic E-state index is -3.60. The normalized spacial score (nSPS) is 11.6. The monoisotopic (exact) mass is 311 g/mol. The van der Waals surface area contributed by atoms with Gasteiger partial charge in [0.1, 0.15) is 4.84 Å². The quantitative estimate of drug-likeness (QED) is 0.776. The van der Waals surface area contributed by atoms with Gasteiger partial charge in [-0.05, 0) is 19.2 Å². The molecule has 0 radical (unpaired) electrons. The molecular weight excluding hydrogens is 301 g/mol. The highest BCUT2D eigenvalue weighted by Gasteiger charge is 2.14. The number of nitrogens with one attached hydrogen (secondary N) is 2. The number of aromatic nitrogens is 1. The lowest BCUT2D eigenvalue weighted by Crippen LogP contribution is -2.28. The topological polar surface area (TPSA) is 88.2 Å². The van der Waals surface area contributed by atoms with Crippen molar-refractivity contribution >= 4 is 39.1 Å². The number of carbonyl (C=O) groups excluding carboxylic acids is 1. The second kappa shape index (κ2) is 6.33. The molecule has 0 aromatic carbocycles. The van der Waals surface area contributed by atoms with E-state index < -0.39 is 20.8 Å². The van der Waals surface area contributed by atoms with Gasteiger partial charge < -0.3 is 5.32 Å². The molecular formula is C9H11Cl2N3O3S. The highest BCUT2D eigenvalue weighted by molar-refractivity contribution is 7.89. The van der Waals surface area contributed by atoms with Crippen LogP contribution in [0.25, 0.3) is 0 Å². The SMILES string of the molecule is CNS(=O)(=O)c1ccc(C(=O)NCC(Cl)Cl)cn1.